The number of hydrogen-bond acceptors (Lipinski definition) is 1. The van der Waals surface area contributed by atoms with E-state index >= 15 is 0 Å². The Morgan fingerprint density at radius 1 is 1.40 bits per heavy atom. The summed E-state index contributed by atoms with van der Waals surface area (Å²) in [4.78, 5) is 0. The first-order valence-electron chi connectivity index (χ1n) is 3.61. The van der Waals surface area contributed by atoms with Gasteiger partial charge in [0.1, 0.15) is 0 Å². The monoisotopic (exact) mass is 140 g/mol. The summed E-state index contributed by atoms with van der Waals surface area (Å²) >= 11 is 0. The molecule has 0 aliphatic rings. The molecule has 0 bridgehead atoms. The summed E-state index contributed by atoms with van der Waals surface area (Å²) in [6.07, 6.45) is 0. The molecule has 0 radical (unpaired) electrons. The van der Waals surface area contributed by atoms with Gasteiger partial charge in [-0.3, -0.25) is 0 Å². The number of rotatable bonds is 1. The van der Waals surface area contributed by atoms with E-state index in [0.29, 0.717) is 5.92 Å². The van der Waals surface area contributed by atoms with Gasteiger partial charge in [-0.25, -0.2) is 0 Å². The van der Waals surface area contributed by atoms with Gasteiger partial charge in [0, 0.05) is 11.3 Å². The van der Waals surface area contributed by atoms with Crippen LogP contribution in [0.5, 0.6) is 0 Å². The Bertz CT molecular complexity index is 146. The topological polar surface area (TPSA) is 20.2 Å². The van der Waals surface area contributed by atoms with Crippen molar-refractivity contribution in [1.29, 1.82) is 0 Å². The van der Waals surface area contributed by atoms with Gasteiger partial charge in [0.25, 0.3) is 0 Å². The molecule has 0 aromatic rings. The fraction of sp³-hybridized carbons (Fsp3) is 0.778. The van der Waals surface area contributed by atoms with Crippen LogP contribution in [0.2, 0.25) is 0 Å². The third-order valence-corrected chi connectivity index (χ3v) is 1.09. The summed E-state index contributed by atoms with van der Waals surface area (Å²) in [7, 11) is 0. The maximum Gasteiger partial charge on any atom is 0.0591 e. The molecule has 0 spiro atoms. The van der Waals surface area contributed by atoms with Crippen molar-refractivity contribution in [1.82, 2.24) is 0 Å². The molecular formula is C9H16O. The van der Waals surface area contributed by atoms with Gasteiger partial charge in [0.2, 0.25) is 0 Å². The molecule has 0 amide bonds. The van der Waals surface area contributed by atoms with Crippen molar-refractivity contribution < 1.29 is 5.11 Å². The largest absolute Gasteiger partial charge is 0.395 e. The molecule has 0 aromatic carbocycles. The first-order chi connectivity index (χ1) is 4.48. The Labute approximate surface area is 63.5 Å². The third kappa shape index (κ3) is 4.40. The van der Waals surface area contributed by atoms with Gasteiger partial charge in [-0.1, -0.05) is 25.7 Å². The van der Waals surface area contributed by atoms with E-state index in [1.165, 1.54) is 0 Å². The Morgan fingerprint density at radius 3 is 2.20 bits per heavy atom. The molecule has 1 heteroatoms. The minimum absolute atomic E-state index is 0.132. The average molecular weight is 140 g/mol. The summed E-state index contributed by atoms with van der Waals surface area (Å²) < 4.78 is 0. The van der Waals surface area contributed by atoms with Crippen LogP contribution in [0.1, 0.15) is 27.7 Å². The molecule has 0 saturated carbocycles. The highest BCUT2D eigenvalue weighted by Gasteiger charge is 2.11. The molecule has 0 aromatic heterocycles. The highest BCUT2D eigenvalue weighted by Crippen LogP contribution is 2.11. The molecule has 0 rings (SSSR count). The highest BCUT2D eigenvalue weighted by atomic mass is 16.3. The van der Waals surface area contributed by atoms with Crippen LogP contribution in [0.25, 0.3) is 0 Å². The predicted octanol–water partition coefficient (Wildman–Crippen LogP) is 1.66. The minimum Gasteiger partial charge on any atom is -0.395 e. The minimum atomic E-state index is -0.232. The smallest absolute Gasteiger partial charge is 0.0591 e. The standard InChI is InChI=1S/C9H16O/c1-8(2)5-6-9(3,4)7-10/h8,10H,7H2,1-4H3. The van der Waals surface area contributed by atoms with Gasteiger partial charge in [0.15, 0.2) is 0 Å². The van der Waals surface area contributed by atoms with E-state index in [1.807, 2.05) is 27.7 Å². The molecule has 1 nitrogen and oxygen atoms in total. The van der Waals surface area contributed by atoms with Crippen LogP contribution >= 0.6 is 0 Å². The second kappa shape index (κ2) is 3.63. The maximum atomic E-state index is 8.80. The normalized spacial score (nSPS) is 11.0. The van der Waals surface area contributed by atoms with Crippen LogP contribution in [0.3, 0.4) is 0 Å². The zero-order valence-electron chi connectivity index (χ0n) is 7.23. The van der Waals surface area contributed by atoms with Crippen LogP contribution in [-0.2, 0) is 0 Å². The predicted molar refractivity (Wildman–Crippen MR) is 43.5 cm³/mol. The summed E-state index contributed by atoms with van der Waals surface area (Å²) in [6, 6.07) is 0. The molecule has 0 atom stereocenters. The number of aliphatic hydroxyl groups excluding tert-OH is 1. The van der Waals surface area contributed by atoms with Gasteiger partial charge in [-0.15, -0.1) is 0 Å². The Morgan fingerprint density at radius 2 is 1.90 bits per heavy atom. The van der Waals surface area contributed by atoms with Crippen LogP contribution in [0.15, 0.2) is 0 Å². The molecule has 1 N–H and O–H groups in total. The molecule has 0 saturated heterocycles. The molecule has 0 aliphatic heterocycles. The lowest BCUT2D eigenvalue weighted by atomic mass is 9.95. The lowest BCUT2D eigenvalue weighted by molar-refractivity contribution is 0.206. The summed E-state index contributed by atoms with van der Waals surface area (Å²) in [6.45, 7) is 8.08. The van der Waals surface area contributed by atoms with E-state index in [9.17, 15) is 0 Å². The van der Waals surface area contributed by atoms with E-state index in [4.69, 9.17) is 5.11 Å². The van der Waals surface area contributed by atoms with Crippen molar-refractivity contribution in [2.24, 2.45) is 11.3 Å². The lowest BCUT2D eigenvalue weighted by Gasteiger charge is -2.12. The summed E-state index contributed by atoms with van der Waals surface area (Å²) in [5.41, 5.74) is -0.232. The van der Waals surface area contributed by atoms with Gasteiger partial charge in [-0.05, 0) is 13.8 Å². The van der Waals surface area contributed by atoms with Crippen molar-refractivity contribution in [2.45, 2.75) is 27.7 Å². The first kappa shape index (κ1) is 9.52. The summed E-state index contributed by atoms with van der Waals surface area (Å²) in [5, 5.41) is 8.80. The van der Waals surface area contributed by atoms with Gasteiger partial charge in [0.05, 0.1) is 6.61 Å². The zero-order chi connectivity index (χ0) is 8.20. The van der Waals surface area contributed by atoms with Crippen LogP contribution in [-0.4, -0.2) is 11.7 Å². The quantitative estimate of drug-likeness (QED) is 0.549. The Balaban J connectivity index is 4.02. The van der Waals surface area contributed by atoms with Crippen molar-refractivity contribution in [2.75, 3.05) is 6.61 Å². The number of hydrogen-bond donors (Lipinski definition) is 1. The van der Waals surface area contributed by atoms with Gasteiger partial charge in [-0.2, -0.15) is 0 Å². The van der Waals surface area contributed by atoms with Crippen molar-refractivity contribution in [3.8, 4) is 11.8 Å². The second-order valence-electron chi connectivity index (χ2n) is 3.47. The van der Waals surface area contributed by atoms with Crippen LogP contribution in [0, 0.1) is 23.2 Å². The van der Waals surface area contributed by atoms with Crippen molar-refractivity contribution >= 4 is 0 Å². The first-order valence-corrected chi connectivity index (χ1v) is 3.61. The lowest BCUT2D eigenvalue weighted by Crippen LogP contribution is -2.13. The SMILES string of the molecule is CC(C)C#CC(C)(C)CO. The van der Waals surface area contributed by atoms with Crippen LogP contribution < -0.4 is 0 Å². The number of aliphatic hydroxyl groups is 1. The maximum absolute atomic E-state index is 8.80. The molecule has 0 aliphatic carbocycles. The summed E-state index contributed by atoms with van der Waals surface area (Å²) in [5.74, 6) is 6.43. The molecule has 10 heavy (non-hydrogen) atoms. The van der Waals surface area contributed by atoms with E-state index in [0.717, 1.165) is 0 Å². The molecule has 58 valence electrons. The van der Waals surface area contributed by atoms with Crippen LogP contribution in [0.4, 0.5) is 0 Å². The third-order valence-electron chi connectivity index (χ3n) is 1.09. The van der Waals surface area contributed by atoms with E-state index in [2.05, 4.69) is 11.8 Å². The zero-order valence-corrected chi connectivity index (χ0v) is 7.23. The average Bonchev–Trinajstić information content (AvgIpc) is 1.85. The fourth-order valence-electron chi connectivity index (χ4n) is 0.379. The van der Waals surface area contributed by atoms with Gasteiger partial charge < -0.3 is 5.11 Å². The van der Waals surface area contributed by atoms with Gasteiger partial charge >= 0.3 is 0 Å². The highest BCUT2D eigenvalue weighted by molar-refractivity contribution is 5.10. The molecular weight excluding hydrogens is 124 g/mol. The second-order valence-corrected chi connectivity index (χ2v) is 3.47. The Hall–Kier alpha value is -0.480. The molecule has 0 heterocycles. The van der Waals surface area contributed by atoms with E-state index < -0.39 is 0 Å². The van der Waals surface area contributed by atoms with Crippen molar-refractivity contribution in [3.05, 3.63) is 0 Å². The van der Waals surface area contributed by atoms with E-state index in [-0.39, 0.29) is 12.0 Å². The van der Waals surface area contributed by atoms with Crippen molar-refractivity contribution in [3.63, 3.8) is 0 Å². The molecule has 0 fully saturated rings. The fourth-order valence-corrected chi connectivity index (χ4v) is 0.379. The van der Waals surface area contributed by atoms with E-state index in [1.54, 1.807) is 0 Å². The molecule has 0 unspecified atom stereocenters. The Kier molecular flexibility index (Phi) is 3.46.